The first-order valence-corrected chi connectivity index (χ1v) is 5.56. The van der Waals surface area contributed by atoms with Crippen LogP contribution in [-0.4, -0.2) is 22.2 Å². The highest BCUT2D eigenvalue weighted by atomic mass is 19.4. The highest BCUT2D eigenvalue weighted by Gasteiger charge is 2.37. The Morgan fingerprint density at radius 2 is 1.23 bits per heavy atom. The van der Waals surface area contributed by atoms with Gasteiger partial charge in [0.15, 0.2) is 5.92 Å². The molecule has 1 aromatic rings. The number of carbonyl (C=O) groups is 2. The van der Waals surface area contributed by atoms with Crippen molar-refractivity contribution in [1.29, 1.82) is 0 Å². The lowest BCUT2D eigenvalue weighted by atomic mass is 9.96. The molecule has 0 aromatic heterocycles. The Bertz CT molecular complexity index is 544. The second-order valence-electron chi connectivity index (χ2n) is 4.35. The Kier molecular flexibility index (Phi) is 4.73. The maximum absolute atomic E-state index is 12.6. The van der Waals surface area contributed by atoms with Gasteiger partial charge in [-0.05, 0) is 30.2 Å². The van der Waals surface area contributed by atoms with Crippen molar-refractivity contribution >= 4 is 11.9 Å². The molecule has 0 amide bonds. The summed E-state index contributed by atoms with van der Waals surface area (Å²) in [5.41, 5.74) is -3.95. The summed E-state index contributed by atoms with van der Waals surface area (Å²) in [4.78, 5) is 21.4. The number of hydrogen-bond acceptors (Lipinski definition) is 2. The van der Waals surface area contributed by atoms with Crippen molar-refractivity contribution in [2.45, 2.75) is 18.8 Å². The van der Waals surface area contributed by atoms with E-state index in [-0.39, 0.29) is 6.07 Å². The number of alkyl halides is 6. The summed E-state index contributed by atoms with van der Waals surface area (Å²) < 4.78 is 75.5. The summed E-state index contributed by atoms with van der Waals surface area (Å²) in [6.07, 6.45) is -11.2. The first-order valence-electron chi connectivity index (χ1n) is 5.56. The lowest BCUT2D eigenvalue weighted by Crippen LogP contribution is -2.26. The molecule has 2 N–H and O–H groups in total. The van der Waals surface area contributed by atoms with Crippen molar-refractivity contribution in [3.8, 4) is 0 Å². The van der Waals surface area contributed by atoms with Crippen LogP contribution in [-0.2, 0) is 28.4 Å². The third-order valence-electron chi connectivity index (χ3n) is 2.68. The van der Waals surface area contributed by atoms with Crippen LogP contribution in [0.5, 0.6) is 0 Å². The highest BCUT2D eigenvalue weighted by molar-refractivity contribution is 5.93. The van der Waals surface area contributed by atoms with Gasteiger partial charge in [-0.2, -0.15) is 26.3 Å². The van der Waals surface area contributed by atoms with Crippen molar-refractivity contribution < 1.29 is 46.1 Å². The molecule has 1 aromatic carbocycles. The van der Waals surface area contributed by atoms with Crippen LogP contribution in [0, 0.1) is 5.92 Å². The zero-order valence-corrected chi connectivity index (χ0v) is 10.5. The van der Waals surface area contributed by atoms with Gasteiger partial charge in [0.2, 0.25) is 0 Å². The van der Waals surface area contributed by atoms with E-state index >= 15 is 0 Å². The van der Waals surface area contributed by atoms with E-state index in [1.165, 1.54) is 0 Å². The van der Waals surface area contributed by atoms with Gasteiger partial charge in [-0.15, -0.1) is 0 Å². The topological polar surface area (TPSA) is 74.6 Å². The molecule has 4 nitrogen and oxygen atoms in total. The minimum absolute atomic E-state index is 0.125. The van der Waals surface area contributed by atoms with E-state index < -0.39 is 53.3 Å². The van der Waals surface area contributed by atoms with Crippen LogP contribution in [0.2, 0.25) is 0 Å². The minimum atomic E-state index is -5.09. The lowest BCUT2D eigenvalue weighted by Gasteiger charge is -2.15. The summed E-state index contributed by atoms with van der Waals surface area (Å²) in [5.74, 6) is -5.87. The predicted molar refractivity (Wildman–Crippen MR) is 58.9 cm³/mol. The van der Waals surface area contributed by atoms with E-state index in [0.29, 0.717) is 12.1 Å². The summed E-state index contributed by atoms with van der Waals surface area (Å²) in [7, 11) is 0. The minimum Gasteiger partial charge on any atom is -0.481 e. The van der Waals surface area contributed by atoms with Crippen LogP contribution < -0.4 is 0 Å². The van der Waals surface area contributed by atoms with Gasteiger partial charge in [0.1, 0.15) is 0 Å². The second kappa shape index (κ2) is 5.85. The van der Waals surface area contributed by atoms with E-state index in [1.807, 2.05) is 0 Å². The smallest absolute Gasteiger partial charge is 0.416 e. The number of halogens is 6. The standard InChI is InChI=1S/C12H8F6O4/c13-11(14,15)6-1-5(2-7(4-6)12(16,17)18)3-8(9(19)20)10(21)22/h1-2,4,8H,3H2,(H,19,20)(H,21,22). The summed E-state index contributed by atoms with van der Waals surface area (Å²) >= 11 is 0. The average molecular weight is 330 g/mol. The highest BCUT2D eigenvalue weighted by Crippen LogP contribution is 2.36. The van der Waals surface area contributed by atoms with E-state index in [4.69, 9.17) is 10.2 Å². The SMILES string of the molecule is O=C(O)C(Cc1cc(C(F)(F)F)cc(C(F)(F)F)c1)C(=O)O. The quantitative estimate of drug-likeness (QED) is 0.657. The van der Waals surface area contributed by atoms with E-state index in [0.717, 1.165) is 0 Å². The Balaban J connectivity index is 3.35. The van der Waals surface area contributed by atoms with Gasteiger partial charge in [0.05, 0.1) is 11.1 Å². The molecular formula is C12H8F6O4. The van der Waals surface area contributed by atoms with Gasteiger partial charge in [0, 0.05) is 0 Å². The maximum atomic E-state index is 12.6. The van der Waals surface area contributed by atoms with E-state index in [1.54, 1.807) is 0 Å². The molecule has 0 saturated heterocycles. The molecule has 0 unspecified atom stereocenters. The molecule has 0 aliphatic heterocycles. The molecule has 0 aliphatic rings. The first-order chi connectivity index (χ1) is 9.82. The summed E-state index contributed by atoms with van der Waals surface area (Å²) in [6, 6.07) is 0.474. The molecule has 0 radical (unpaired) electrons. The number of aliphatic carboxylic acids is 2. The zero-order chi connectivity index (χ0) is 17.3. The summed E-state index contributed by atoms with van der Waals surface area (Å²) in [5, 5.41) is 17.3. The van der Waals surface area contributed by atoms with Crippen LogP contribution in [0.15, 0.2) is 18.2 Å². The third-order valence-corrected chi connectivity index (χ3v) is 2.68. The second-order valence-corrected chi connectivity index (χ2v) is 4.35. The monoisotopic (exact) mass is 330 g/mol. The van der Waals surface area contributed by atoms with Crippen LogP contribution in [0.4, 0.5) is 26.3 Å². The predicted octanol–water partition coefficient (Wildman–Crippen LogP) is 3.05. The van der Waals surface area contributed by atoms with Crippen molar-refractivity contribution in [1.82, 2.24) is 0 Å². The molecule has 22 heavy (non-hydrogen) atoms. The molecule has 0 heterocycles. The number of hydrogen-bond donors (Lipinski definition) is 2. The van der Waals surface area contributed by atoms with Crippen LogP contribution >= 0.6 is 0 Å². The van der Waals surface area contributed by atoms with Gasteiger partial charge in [-0.3, -0.25) is 9.59 Å². The normalized spacial score (nSPS) is 12.5. The maximum Gasteiger partial charge on any atom is 0.416 e. The van der Waals surface area contributed by atoms with Crippen molar-refractivity contribution in [2.75, 3.05) is 0 Å². The molecule has 122 valence electrons. The number of rotatable bonds is 4. The number of carboxylic acids is 2. The lowest BCUT2D eigenvalue weighted by molar-refractivity contribution is -0.154. The van der Waals surface area contributed by atoms with Gasteiger partial charge < -0.3 is 10.2 Å². The van der Waals surface area contributed by atoms with Crippen molar-refractivity contribution in [2.24, 2.45) is 5.92 Å². The van der Waals surface area contributed by atoms with Crippen LogP contribution in [0.25, 0.3) is 0 Å². The molecule has 0 saturated carbocycles. The first kappa shape index (κ1) is 17.8. The van der Waals surface area contributed by atoms with Crippen LogP contribution in [0.1, 0.15) is 16.7 Å². The largest absolute Gasteiger partial charge is 0.481 e. The fourth-order valence-corrected chi connectivity index (χ4v) is 1.65. The third kappa shape index (κ3) is 4.37. The van der Waals surface area contributed by atoms with Crippen molar-refractivity contribution in [3.05, 3.63) is 34.9 Å². The molecule has 0 atom stereocenters. The number of benzene rings is 1. The molecule has 0 spiro atoms. The Hall–Kier alpha value is -2.26. The zero-order valence-electron chi connectivity index (χ0n) is 10.5. The van der Waals surface area contributed by atoms with Crippen LogP contribution in [0.3, 0.4) is 0 Å². The molecule has 0 aliphatic carbocycles. The Morgan fingerprint density at radius 3 is 1.50 bits per heavy atom. The average Bonchev–Trinajstić information content (AvgIpc) is 2.32. The van der Waals surface area contributed by atoms with E-state index in [9.17, 15) is 35.9 Å². The van der Waals surface area contributed by atoms with Crippen molar-refractivity contribution in [3.63, 3.8) is 0 Å². The number of carboxylic acid groups (broad SMARTS) is 2. The summed E-state index contributed by atoms with van der Waals surface area (Å²) in [6.45, 7) is 0. The molecule has 1 rings (SSSR count). The van der Waals surface area contributed by atoms with E-state index in [2.05, 4.69) is 0 Å². The molecule has 0 bridgehead atoms. The molecule has 0 fully saturated rings. The fraction of sp³-hybridized carbons (Fsp3) is 0.333. The Morgan fingerprint density at radius 1 is 0.864 bits per heavy atom. The van der Waals surface area contributed by atoms with Gasteiger partial charge in [0.25, 0.3) is 0 Å². The molecule has 10 heteroatoms. The van der Waals surface area contributed by atoms with Gasteiger partial charge in [-0.25, -0.2) is 0 Å². The Labute approximate surface area is 119 Å². The molecular weight excluding hydrogens is 322 g/mol. The van der Waals surface area contributed by atoms with Gasteiger partial charge >= 0.3 is 24.3 Å². The van der Waals surface area contributed by atoms with Gasteiger partial charge in [-0.1, -0.05) is 0 Å². The fourth-order valence-electron chi connectivity index (χ4n) is 1.65.